The van der Waals surface area contributed by atoms with Crippen LogP contribution in [-0.4, -0.2) is 22.7 Å². The Morgan fingerprint density at radius 3 is 2.86 bits per heavy atom. The molecule has 0 saturated carbocycles. The molecule has 0 fully saturated rings. The third-order valence-electron chi connectivity index (χ3n) is 4.31. The molecule has 6 nitrogen and oxygen atoms in total. The molecule has 5 rings (SSSR count). The lowest BCUT2D eigenvalue weighted by atomic mass is 10.1. The van der Waals surface area contributed by atoms with Gasteiger partial charge in [0.2, 0.25) is 6.79 Å². The summed E-state index contributed by atoms with van der Waals surface area (Å²) in [6, 6.07) is 14.4. The molecule has 1 amide bonds. The van der Waals surface area contributed by atoms with Crippen molar-refractivity contribution in [3.63, 3.8) is 0 Å². The van der Waals surface area contributed by atoms with Crippen molar-refractivity contribution in [2.45, 2.75) is 0 Å². The number of carbonyl (C=O) groups is 1. The lowest BCUT2D eigenvalue weighted by molar-refractivity contribution is 0.102. The molecule has 1 aliphatic rings. The van der Waals surface area contributed by atoms with Crippen molar-refractivity contribution in [2.24, 2.45) is 0 Å². The first-order chi connectivity index (χ1) is 13.7. The van der Waals surface area contributed by atoms with Gasteiger partial charge in [0.05, 0.1) is 11.2 Å². The molecule has 2 aromatic carbocycles. The topological polar surface area (TPSA) is 73.3 Å². The van der Waals surface area contributed by atoms with Crippen molar-refractivity contribution < 1.29 is 14.3 Å². The van der Waals surface area contributed by atoms with E-state index in [0.717, 1.165) is 27.9 Å². The summed E-state index contributed by atoms with van der Waals surface area (Å²) in [6.45, 7) is 0.227. The van der Waals surface area contributed by atoms with Gasteiger partial charge < -0.3 is 9.47 Å². The second-order valence-corrected chi connectivity index (χ2v) is 7.35. The zero-order chi connectivity index (χ0) is 19.1. The second-order valence-electron chi connectivity index (χ2n) is 6.10. The maximum absolute atomic E-state index is 12.6. The van der Waals surface area contributed by atoms with E-state index < -0.39 is 0 Å². The molecule has 0 atom stereocenters. The highest BCUT2D eigenvalue weighted by molar-refractivity contribution is 7.14. The molecule has 138 valence electrons. The summed E-state index contributed by atoms with van der Waals surface area (Å²) < 4.78 is 10.7. The lowest BCUT2D eigenvalue weighted by Gasteiger charge is -2.04. The van der Waals surface area contributed by atoms with Gasteiger partial charge in [0, 0.05) is 21.9 Å². The first kappa shape index (κ1) is 17.0. The largest absolute Gasteiger partial charge is 0.454 e. The van der Waals surface area contributed by atoms with Crippen molar-refractivity contribution >= 4 is 44.9 Å². The quantitative estimate of drug-likeness (QED) is 0.482. The number of ether oxygens (including phenoxy) is 2. The summed E-state index contributed by atoms with van der Waals surface area (Å²) in [4.78, 5) is 21.3. The van der Waals surface area contributed by atoms with Gasteiger partial charge in [-0.15, -0.1) is 11.3 Å². The Kier molecular flexibility index (Phi) is 4.11. The molecule has 0 bridgehead atoms. The number of pyridine rings is 1. The molecular weight excluding hydrogens is 398 g/mol. The van der Waals surface area contributed by atoms with E-state index >= 15 is 0 Å². The van der Waals surface area contributed by atoms with Crippen LogP contribution in [0.25, 0.3) is 22.2 Å². The fraction of sp³-hybridized carbons (Fsp3) is 0.0500. The summed E-state index contributed by atoms with van der Waals surface area (Å²) in [5, 5.41) is 6.52. The van der Waals surface area contributed by atoms with Gasteiger partial charge in [0.25, 0.3) is 5.91 Å². The van der Waals surface area contributed by atoms with E-state index in [1.807, 2.05) is 29.6 Å². The first-order valence-corrected chi connectivity index (χ1v) is 9.65. The van der Waals surface area contributed by atoms with Gasteiger partial charge in [0.1, 0.15) is 5.15 Å². The Bertz CT molecular complexity index is 1220. The molecule has 1 aliphatic heterocycles. The van der Waals surface area contributed by atoms with Crippen LogP contribution in [0.4, 0.5) is 5.13 Å². The molecule has 2 aromatic heterocycles. The van der Waals surface area contributed by atoms with Gasteiger partial charge in [0.15, 0.2) is 16.6 Å². The summed E-state index contributed by atoms with van der Waals surface area (Å²) in [5.41, 5.74) is 2.92. The number of thiazole rings is 1. The van der Waals surface area contributed by atoms with Gasteiger partial charge in [-0.25, -0.2) is 9.97 Å². The maximum Gasteiger partial charge on any atom is 0.257 e. The number of carbonyl (C=O) groups excluding carboxylic acids is 1. The zero-order valence-corrected chi connectivity index (χ0v) is 15.9. The number of nitrogens with one attached hydrogen (secondary N) is 1. The van der Waals surface area contributed by atoms with Crippen LogP contribution < -0.4 is 14.8 Å². The van der Waals surface area contributed by atoms with Gasteiger partial charge in [-0.1, -0.05) is 11.6 Å². The van der Waals surface area contributed by atoms with E-state index in [9.17, 15) is 4.79 Å². The van der Waals surface area contributed by atoms with Crippen molar-refractivity contribution in [3.05, 3.63) is 64.6 Å². The molecular formula is C20H12ClN3O3S. The number of halogens is 1. The normalized spacial score (nSPS) is 12.3. The number of aromatic nitrogens is 2. The molecule has 4 aromatic rings. The van der Waals surface area contributed by atoms with Crippen LogP contribution in [0.5, 0.6) is 11.5 Å². The van der Waals surface area contributed by atoms with E-state index in [4.69, 9.17) is 21.1 Å². The minimum absolute atomic E-state index is 0.227. The number of anilines is 1. The highest BCUT2D eigenvalue weighted by Crippen LogP contribution is 2.36. The highest BCUT2D eigenvalue weighted by atomic mass is 35.5. The molecule has 28 heavy (non-hydrogen) atoms. The molecule has 1 N–H and O–H groups in total. The zero-order valence-electron chi connectivity index (χ0n) is 14.3. The SMILES string of the molecule is O=C(Nc1nc(-c2ccc3c(c2)OCO3)cs1)c1ccc2nc(Cl)ccc2c1. The van der Waals surface area contributed by atoms with Gasteiger partial charge >= 0.3 is 0 Å². The average molecular weight is 410 g/mol. The Morgan fingerprint density at radius 2 is 1.93 bits per heavy atom. The van der Waals surface area contributed by atoms with Gasteiger partial charge in [-0.05, 0) is 48.5 Å². The minimum Gasteiger partial charge on any atom is -0.454 e. The summed E-state index contributed by atoms with van der Waals surface area (Å²) in [5.74, 6) is 1.18. The Balaban J connectivity index is 1.36. The molecule has 0 aliphatic carbocycles. The number of fused-ring (bicyclic) bond motifs is 2. The van der Waals surface area contributed by atoms with E-state index in [1.165, 1.54) is 11.3 Å². The Labute approximate surface area is 168 Å². The smallest absolute Gasteiger partial charge is 0.257 e. The fourth-order valence-electron chi connectivity index (χ4n) is 2.93. The lowest BCUT2D eigenvalue weighted by Crippen LogP contribution is -2.11. The van der Waals surface area contributed by atoms with Crippen LogP contribution in [0.1, 0.15) is 10.4 Å². The fourth-order valence-corrected chi connectivity index (χ4v) is 3.80. The molecule has 0 radical (unpaired) electrons. The molecule has 0 spiro atoms. The number of benzene rings is 2. The first-order valence-electron chi connectivity index (χ1n) is 8.39. The summed E-state index contributed by atoms with van der Waals surface area (Å²) in [6.07, 6.45) is 0. The number of hydrogen-bond donors (Lipinski definition) is 1. The van der Waals surface area contributed by atoms with Gasteiger partial charge in [-0.2, -0.15) is 0 Å². The van der Waals surface area contributed by atoms with Crippen LogP contribution in [0.2, 0.25) is 5.15 Å². The number of amides is 1. The van der Waals surface area contributed by atoms with E-state index in [2.05, 4.69) is 15.3 Å². The second kappa shape index (κ2) is 6.78. The standard InChI is InChI=1S/C20H12ClN3O3S/c21-18-6-3-11-7-13(1-4-14(11)22-18)19(25)24-20-23-15(9-28-20)12-2-5-16-17(8-12)27-10-26-16/h1-9H,10H2,(H,23,24,25). The molecule has 8 heteroatoms. The van der Waals surface area contributed by atoms with Gasteiger partial charge in [-0.3, -0.25) is 10.1 Å². The predicted octanol–water partition coefficient (Wildman–Crippen LogP) is 4.99. The van der Waals surface area contributed by atoms with E-state index in [1.54, 1.807) is 24.3 Å². The minimum atomic E-state index is -0.233. The number of rotatable bonds is 3. The van der Waals surface area contributed by atoms with Crippen LogP contribution in [0.3, 0.4) is 0 Å². The highest BCUT2D eigenvalue weighted by Gasteiger charge is 2.16. The summed E-state index contributed by atoms with van der Waals surface area (Å²) in [7, 11) is 0. The third-order valence-corrected chi connectivity index (χ3v) is 5.28. The molecule has 0 unspecified atom stereocenters. The summed E-state index contributed by atoms with van der Waals surface area (Å²) >= 11 is 7.26. The molecule has 0 saturated heterocycles. The van der Waals surface area contributed by atoms with E-state index in [0.29, 0.717) is 21.6 Å². The van der Waals surface area contributed by atoms with Crippen LogP contribution in [-0.2, 0) is 0 Å². The Morgan fingerprint density at radius 1 is 1.04 bits per heavy atom. The average Bonchev–Trinajstić information content (AvgIpc) is 3.36. The number of hydrogen-bond acceptors (Lipinski definition) is 6. The third kappa shape index (κ3) is 3.15. The van der Waals surface area contributed by atoms with E-state index in [-0.39, 0.29) is 12.7 Å². The van der Waals surface area contributed by atoms with Crippen molar-refractivity contribution in [1.29, 1.82) is 0 Å². The van der Waals surface area contributed by atoms with Crippen LogP contribution >= 0.6 is 22.9 Å². The van der Waals surface area contributed by atoms with Crippen molar-refractivity contribution in [3.8, 4) is 22.8 Å². The maximum atomic E-state index is 12.6. The molecule has 3 heterocycles. The van der Waals surface area contributed by atoms with Crippen molar-refractivity contribution in [1.82, 2.24) is 9.97 Å². The number of nitrogens with zero attached hydrogens (tertiary/aromatic N) is 2. The van der Waals surface area contributed by atoms with Crippen LogP contribution in [0, 0.1) is 0 Å². The van der Waals surface area contributed by atoms with Crippen molar-refractivity contribution in [2.75, 3.05) is 12.1 Å². The van der Waals surface area contributed by atoms with Crippen LogP contribution in [0.15, 0.2) is 53.9 Å². The Hall–Kier alpha value is -3.16. The predicted molar refractivity (Wildman–Crippen MR) is 108 cm³/mol. The monoisotopic (exact) mass is 409 g/mol.